The number of rotatable bonds is 7. The molecule has 13 rings (SSSR count). The van der Waals surface area contributed by atoms with Gasteiger partial charge < -0.3 is 9.80 Å². The molecular weight excluding hydrogens is 809 g/mol. The molecule has 0 aromatic heterocycles. The minimum absolute atomic E-state index is 0.233. The van der Waals surface area contributed by atoms with E-state index in [4.69, 9.17) is 0 Å². The lowest BCUT2D eigenvalue weighted by Crippen LogP contribution is -2.16. The van der Waals surface area contributed by atoms with E-state index in [9.17, 15) is 0 Å². The van der Waals surface area contributed by atoms with Crippen LogP contribution in [0.5, 0.6) is 0 Å². The van der Waals surface area contributed by atoms with Crippen molar-refractivity contribution < 1.29 is 0 Å². The van der Waals surface area contributed by atoms with Crippen LogP contribution in [0, 0.1) is 0 Å². The number of fused-ring (bicyclic) bond motifs is 10. The Morgan fingerprint density at radius 1 is 0.284 bits per heavy atom. The third-order valence-corrected chi connectivity index (χ3v) is 14.4. The fraction of sp³-hybridized carbons (Fsp3) is 0.0462. The molecule has 12 aromatic rings. The van der Waals surface area contributed by atoms with Crippen LogP contribution in [0.15, 0.2) is 243 Å². The molecule has 0 bridgehead atoms. The van der Waals surface area contributed by atoms with Crippen LogP contribution in [0.25, 0.3) is 76.1 Å². The van der Waals surface area contributed by atoms with Crippen LogP contribution in [-0.2, 0) is 5.41 Å². The molecular formula is C65H46N2. The first-order chi connectivity index (χ1) is 33.0. The summed E-state index contributed by atoms with van der Waals surface area (Å²) in [6.07, 6.45) is 0. The first-order valence-electron chi connectivity index (χ1n) is 23.3. The molecule has 2 nitrogen and oxygen atoms in total. The molecule has 0 unspecified atom stereocenters. The molecule has 0 heterocycles. The quantitative estimate of drug-likeness (QED) is 0.147. The summed E-state index contributed by atoms with van der Waals surface area (Å²) in [5.74, 6) is 0. The second-order valence-electron chi connectivity index (χ2n) is 18.5. The predicted molar refractivity (Wildman–Crippen MR) is 286 cm³/mol. The number of hydrogen-bond donors (Lipinski definition) is 0. The molecule has 0 aliphatic heterocycles. The normalized spacial score (nSPS) is 12.7. The van der Waals surface area contributed by atoms with Gasteiger partial charge in [-0.15, -0.1) is 0 Å². The lowest BCUT2D eigenvalue weighted by atomic mass is 9.81. The molecule has 0 fully saturated rings. The molecule has 12 aromatic carbocycles. The lowest BCUT2D eigenvalue weighted by molar-refractivity contribution is 0.660. The van der Waals surface area contributed by atoms with Crippen LogP contribution in [-0.4, -0.2) is 0 Å². The lowest BCUT2D eigenvalue weighted by Gasteiger charge is -2.30. The molecule has 0 amide bonds. The molecule has 1 aliphatic rings. The standard InChI is InChI=1S/C65H46N2/c1-65(2)59-40-45(35-37-53(59)54-38-36-49(42-60(54)65)66(47-23-5-3-6-24-47)48-25-7-4-8-26-48)58-39-46-41-63(55-30-14-16-32-57(55)64(46)56-31-15-13-29-52(56)58)67(61-33-17-21-43-19-9-11-27-50(43)61)62-34-18-22-44-20-10-12-28-51(44)62/h3-42H,1-2H3. The van der Waals surface area contributed by atoms with Gasteiger partial charge in [-0.3, -0.25) is 0 Å². The summed E-state index contributed by atoms with van der Waals surface area (Å²) in [5.41, 5.74) is 14.4. The van der Waals surface area contributed by atoms with Crippen LogP contribution < -0.4 is 9.80 Å². The Balaban J connectivity index is 1.01. The summed E-state index contributed by atoms with van der Waals surface area (Å²) < 4.78 is 0. The zero-order chi connectivity index (χ0) is 44.6. The second-order valence-corrected chi connectivity index (χ2v) is 18.5. The van der Waals surface area contributed by atoms with E-state index in [2.05, 4.69) is 266 Å². The van der Waals surface area contributed by atoms with Crippen molar-refractivity contribution in [1.82, 2.24) is 0 Å². The number of para-hydroxylation sites is 2. The first-order valence-corrected chi connectivity index (χ1v) is 23.3. The largest absolute Gasteiger partial charge is 0.310 e. The molecule has 0 radical (unpaired) electrons. The summed E-state index contributed by atoms with van der Waals surface area (Å²) in [7, 11) is 0. The SMILES string of the molecule is CC1(C)c2cc(-c3cc4cc(N(c5cccc6ccccc56)c5cccc6ccccc56)c5ccccc5c4c4ccccc34)ccc2-c2ccc(N(c3ccccc3)c3ccccc3)cc21. The number of benzene rings is 12. The molecule has 67 heavy (non-hydrogen) atoms. The van der Waals surface area contributed by atoms with Gasteiger partial charge in [0.15, 0.2) is 0 Å². The summed E-state index contributed by atoms with van der Waals surface area (Å²) >= 11 is 0. The highest BCUT2D eigenvalue weighted by Gasteiger charge is 2.36. The molecule has 0 atom stereocenters. The van der Waals surface area contributed by atoms with Crippen LogP contribution in [0.4, 0.5) is 34.1 Å². The molecule has 0 saturated heterocycles. The highest BCUT2D eigenvalue weighted by atomic mass is 15.2. The Morgan fingerprint density at radius 2 is 0.761 bits per heavy atom. The van der Waals surface area contributed by atoms with Gasteiger partial charge in [0.2, 0.25) is 0 Å². The van der Waals surface area contributed by atoms with E-state index in [0.717, 1.165) is 34.1 Å². The van der Waals surface area contributed by atoms with Gasteiger partial charge in [0.25, 0.3) is 0 Å². The monoisotopic (exact) mass is 854 g/mol. The fourth-order valence-electron chi connectivity index (χ4n) is 11.2. The summed E-state index contributed by atoms with van der Waals surface area (Å²) in [5, 5.41) is 12.3. The average Bonchev–Trinajstić information content (AvgIpc) is 3.61. The van der Waals surface area contributed by atoms with Crippen molar-refractivity contribution in [2.24, 2.45) is 0 Å². The topological polar surface area (TPSA) is 6.48 Å². The predicted octanol–water partition coefficient (Wildman–Crippen LogP) is 18.4. The Kier molecular flexibility index (Phi) is 8.91. The van der Waals surface area contributed by atoms with Crippen molar-refractivity contribution in [2.45, 2.75) is 19.3 Å². The summed E-state index contributed by atoms with van der Waals surface area (Å²) in [6, 6.07) is 89.5. The highest BCUT2D eigenvalue weighted by molar-refractivity contribution is 6.26. The third-order valence-electron chi connectivity index (χ3n) is 14.4. The Morgan fingerprint density at radius 3 is 1.37 bits per heavy atom. The van der Waals surface area contributed by atoms with E-state index in [-0.39, 0.29) is 5.41 Å². The zero-order valence-electron chi connectivity index (χ0n) is 37.5. The minimum atomic E-state index is -0.233. The van der Waals surface area contributed by atoms with E-state index in [1.54, 1.807) is 0 Å². The van der Waals surface area contributed by atoms with E-state index in [1.807, 2.05) is 0 Å². The van der Waals surface area contributed by atoms with Gasteiger partial charge >= 0.3 is 0 Å². The molecule has 1 aliphatic carbocycles. The molecule has 0 spiro atoms. The van der Waals surface area contributed by atoms with Gasteiger partial charge in [-0.25, -0.2) is 0 Å². The molecule has 0 saturated carbocycles. The summed E-state index contributed by atoms with van der Waals surface area (Å²) in [6.45, 7) is 4.79. The van der Waals surface area contributed by atoms with E-state index >= 15 is 0 Å². The van der Waals surface area contributed by atoms with E-state index < -0.39 is 0 Å². The van der Waals surface area contributed by atoms with Gasteiger partial charge in [-0.2, -0.15) is 0 Å². The van der Waals surface area contributed by atoms with Gasteiger partial charge in [0.05, 0.1) is 17.1 Å². The maximum atomic E-state index is 2.52. The zero-order valence-corrected chi connectivity index (χ0v) is 37.5. The van der Waals surface area contributed by atoms with Gasteiger partial charge in [-0.05, 0) is 138 Å². The summed E-state index contributed by atoms with van der Waals surface area (Å²) in [4.78, 5) is 4.88. The third kappa shape index (κ3) is 6.18. The van der Waals surface area contributed by atoms with Crippen molar-refractivity contribution in [1.29, 1.82) is 0 Å². The van der Waals surface area contributed by atoms with E-state index in [1.165, 1.54) is 87.2 Å². The van der Waals surface area contributed by atoms with Gasteiger partial charge in [0, 0.05) is 38.6 Å². The number of hydrogen-bond acceptors (Lipinski definition) is 2. The Bertz CT molecular complexity index is 3780. The number of nitrogens with zero attached hydrogens (tertiary/aromatic N) is 2. The van der Waals surface area contributed by atoms with Crippen LogP contribution >= 0.6 is 0 Å². The van der Waals surface area contributed by atoms with Crippen LogP contribution in [0.3, 0.4) is 0 Å². The van der Waals surface area contributed by atoms with Crippen molar-refractivity contribution >= 4 is 88.0 Å². The maximum absolute atomic E-state index is 2.52. The molecule has 0 N–H and O–H groups in total. The number of anilines is 6. The van der Waals surface area contributed by atoms with Crippen LogP contribution in [0.1, 0.15) is 25.0 Å². The maximum Gasteiger partial charge on any atom is 0.0546 e. The van der Waals surface area contributed by atoms with Crippen molar-refractivity contribution in [3.63, 3.8) is 0 Å². The Hall–Kier alpha value is -8.46. The molecule has 316 valence electrons. The smallest absolute Gasteiger partial charge is 0.0546 e. The first kappa shape index (κ1) is 39.0. The fourth-order valence-corrected chi connectivity index (χ4v) is 11.2. The van der Waals surface area contributed by atoms with Gasteiger partial charge in [-0.1, -0.05) is 190 Å². The van der Waals surface area contributed by atoms with Crippen molar-refractivity contribution in [3.05, 3.63) is 254 Å². The minimum Gasteiger partial charge on any atom is -0.310 e. The van der Waals surface area contributed by atoms with E-state index in [0.29, 0.717) is 0 Å². The van der Waals surface area contributed by atoms with Crippen molar-refractivity contribution in [2.75, 3.05) is 9.80 Å². The van der Waals surface area contributed by atoms with Crippen molar-refractivity contribution in [3.8, 4) is 22.3 Å². The second kappa shape index (κ2) is 15.3. The molecule has 2 heteroatoms. The van der Waals surface area contributed by atoms with Gasteiger partial charge in [0.1, 0.15) is 0 Å². The average molecular weight is 855 g/mol. The Labute approximate surface area is 391 Å². The van der Waals surface area contributed by atoms with Crippen LogP contribution in [0.2, 0.25) is 0 Å². The highest BCUT2D eigenvalue weighted by Crippen LogP contribution is 2.53.